The number of hydrogen-bond acceptors (Lipinski definition) is 6. The van der Waals surface area contributed by atoms with E-state index in [-0.39, 0.29) is 5.69 Å². The molecule has 0 aromatic heterocycles. The lowest BCUT2D eigenvalue weighted by atomic mass is 9.99. The number of hydrogen-bond donors (Lipinski definition) is 0. The van der Waals surface area contributed by atoms with Crippen molar-refractivity contribution in [1.82, 2.24) is 0 Å². The molecule has 154 valence electrons. The van der Waals surface area contributed by atoms with Crippen LogP contribution < -0.4 is 4.90 Å². The molecule has 0 saturated heterocycles. The maximum atomic E-state index is 11.0. The van der Waals surface area contributed by atoms with Crippen LogP contribution >= 0.6 is 0 Å². The van der Waals surface area contributed by atoms with Crippen LogP contribution in [0.4, 0.5) is 17.1 Å². The number of aliphatic imine (C=N–C) groups is 1. The average Bonchev–Trinajstić information content (AvgIpc) is 3.04. The van der Waals surface area contributed by atoms with Gasteiger partial charge in [-0.25, -0.2) is 0 Å². The Morgan fingerprint density at radius 2 is 1.77 bits per heavy atom. The molecule has 5 rings (SSSR count). The van der Waals surface area contributed by atoms with Gasteiger partial charge in [0.15, 0.2) is 5.84 Å². The Labute approximate surface area is 179 Å². The van der Waals surface area contributed by atoms with E-state index in [1.807, 2.05) is 61.2 Å². The molecule has 3 aromatic rings. The highest BCUT2D eigenvalue weighted by Crippen LogP contribution is 2.44. The average molecular weight is 412 g/mol. The molecule has 0 saturated carbocycles. The molecule has 0 amide bonds. The summed E-state index contributed by atoms with van der Waals surface area (Å²) in [5, 5.41) is 15.5. The van der Waals surface area contributed by atoms with Gasteiger partial charge in [0.1, 0.15) is 0 Å². The highest BCUT2D eigenvalue weighted by molar-refractivity contribution is 6.15. The quantitative estimate of drug-likeness (QED) is 0.429. The highest BCUT2D eigenvalue weighted by atomic mass is 16.7. The van der Waals surface area contributed by atoms with Gasteiger partial charge < -0.3 is 4.84 Å². The summed E-state index contributed by atoms with van der Waals surface area (Å²) in [5.74, 6) is 0.604. The molecule has 2 aliphatic heterocycles. The lowest BCUT2D eigenvalue weighted by Crippen LogP contribution is -2.47. The zero-order valence-electron chi connectivity index (χ0n) is 17.1. The van der Waals surface area contributed by atoms with Crippen LogP contribution in [-0.4, -0.2) is 22.2 Å². The molecule has 0 bridgehead atoms. The number of nitro benzene ring substituents is 1. The van der Waals surface area contributed by atoms with Crippen LogP contribution in [0, 0.1) is 17.0 Å². The monoisotopic (exact) mass is 412 g/mol. The Balaban J connectivity index is 1.63. The van der Waals surface area contributed by atoms with Crippen LogP contribution in [0.3, 0.4) is 0 Å². The van der Waals surface area contributed by atoms with Gasteiger partial charge in [-0.2, -0.15) is 0 Å². The van der Waals surface area contributed by atoms with E-state index in [1.165, 1.54) is 12.1 Å². The van der Waals surface area contributed by atoms with Crippen LogP contribution in [0.1, 0.15) is 30.0 Å². The second-order valence-electron chi connectivity index (χ2n) is 7.91. The third-order valence-electron chi connectivity index (χ3n) is 5.58. The minimum absolute atomic E-state index is 0.0348. The SMILES string of the molecule is Cc1ccc2c(c1)N=C(c1ccccc1)CC1(C)ON=C(c3ccc([N+](=O)[O-])cc3)N21. The maximum absolute atomic E-state index is 11.0. The first kappa shape index (κ1) is 19.0. The number of rotatable bonds is 3. The topological polar surface area (TPSA) is 80.3 Å². The van der Waals surface area contributed by atoms with Gasteiger partial charge in [0.25, 0.3) is 5.69 Å². The third kappa shape index (κ3) is 3.24. The van der Waals surface area contributed by atoms with Crippen molar-refractivity contribution in [1.29, 1.82) is 0 Å². The number of aryl methyl sites for hydroxylation is 1. The second-order valence-corrected chi connectivity index (χ2v) is 7.91. The van der Waals surface area contributed by atoms with Crippen molar-refractivity contribution in [2.24, 2.45) is 10.1 Å². The van der Waals surface area contributed by atoms with Crippen molar-refractivity contribution in [3.8, 4) is 0 Å². The van der Waals surface area contributed by atoms with Crippen LogP contribution in [0.2, 0.25) is 0 Å². The van der Waals surface area contributed by atoms with Gasteiger partial charge >= 0.3 is 0 Å². The van der Waals surface area contributed by atoms with Gasteiger partial charge in [-0.05, 0) is 49.2 Å². The lowest BCUT2D eigenvalue weighted by Gasteiger charge is -2.33. The van der Waals surface area contributed by atoms with E-state index >= 15 is 0 Å². The van der Waals surface area contributed by atoms with E-state index in [4.69, 9.17) is 9.83 Å². The number of nitrogens with zero attached hydrogens (tertiary/aromatic N) is 4. The van der Waals surface area contributed by atoms with Crippen molar-refractivity contribution in [3.63, 3.8) is 0 Å². The van der Waals surface area contributed by atoms with Crippen molar-refractivity contribution in [2.75, 3.05) is 4.90 Å². The van der Waals surface area contributed by atoms with Gasteiger partial charge in [0.05, 0.1) is 28.4 Å². The molecule has 0 fully saturated rings. The first-order valence-electron chi connectivity index (χ1n) is 9.99. The fraction of sp³-hybridized carbons (Fsp3) is 0.167. The zero-order chi connectivity index (χ0) is 21.6. The summed E-state index contributed by atoms with van der Waals surface area (Å²) in [7, 11) is 0. The molecule has 1 unspecified atom stereocenters. The van der Waals surface area contributed by atoms with E-state index in [2.05, 4.69) is 11.2 Å². The molecular weight excluding hydrogens is 392 g/mol. The lowest BCUT2D eigenvalue weighted by molar-refractivity contribution is -0.384. The Hall–Kier alpha value is -4.00. The van der Waals surface area contributed by atoms with Gasteiger partial charge in [-0.15, -0.1) is 0 Å². The van der Waals surface area contributed by atoms with Gasteiger partial charge in [0, 0.05) is 17.7 Å². The Kier molecular flexibility index (Phi) is 4.32. The number of non-ortho nitro benzene ring substituents is 1. The van der Waals surface area contributed by atoms with Crippen LogP contribution in [0.5, 0.6) is 0 Å². The van der Waals surface area contributed by atoms with Crippen molar-refractivity contribution in [2.45, 2.75) is 26.0 Å². The predicted octanol–water partition coefficient (Wildman–Crippen LogP) is 5.34. The molecule has 2 heterocycles. The molecule has 7 nitrogen and oxygen atoms in total. The Bertz CT molecular complexity index is 1240. The first-order valence-corrected chi connectivity index (χ1v) is 9.99. The minimum atomic E-state index is -0.785. The van der Waals surface area contributed by atoms with Crippen molar-refractivity contribution in [3.05, 3.63) is 99.6 Å². The molecule has 0 radical (unpaired) electrons. The van der Waals surface area contributed by atoms with E-state index in [9.17, 15) is 10.1 Å². The summed E-state index contributed by atoms with van der Waals surface area (Å²) < 4.78 is 0. The number of benzene rings is 3. The van der Waals surface area contributed by atoms with E-state index < -0.39 is 10.6 Å². The van der Waals surface area contributed by atoms with E-state index in [0.29, 0.717) is 12.3 Å². The van der Waals surface area contributed by atoms with Crippen molar-refractivity contribution < 1.29 is 9.76 Å². The zero-order valence-corrected chi connectivity index (χ0v) is 17.1. The van der Waals surface area contributed by atoms with E-state index in [0.717, 1.165) is 33.8 Å². The number of nitro groups is 1. The molecule has 2 aliphatic rings. The highest BCUT2D eigenvalue weighted by Gasteiger charge is 2.46. The van der Waals surface area contributed by atoms with Crippen LogP contribution in [0.25, 0.3) is 0 Å². The fourth-order valence-electron chi connectivity index (χ4n) is 4.05. The number of amidine groups is 1. The second kappa shape index (κ2) is 7.05. The predicted molar refractivity (Wildman–Crippen MR) is 120 cm³/mol. The van der Waals surface area contributed by atoms with E-state index in [1.54, 1.807) is 12.1 Å². The molecular formula is C24H20N4O3. The minimum Gasteiger partial charge on any atom is -0.365 e. The number of oxime groups is 1. The van der Waals surface area contributed by atoms with Crippen molar-refractivity contribution >= 4 is 28.6 Å². The molecule has 3 aromatic carbocycles. The molecule has 1 atom stereocenters. The molecule has 0 aliphatic carbocycles. The summed E-state index contributed by atoms with van der Waals surface area (Å²) >= 11 is 0. The Morgan fingerprint density at radius 3 is 2.48 bits per heavy atom. The summed E-state index contributed by atoms with van der Waals surface area (Å²) in [6.45, 7) is 4.02. The van der Waals surface area contributed by atoms with Gasteiger partial charge in [0.2, 0.25) is 5.72 Å². The van der Waals surface area contributed by atoms with Gasteiger partial charge in [-0.3, -0.25) is 20.0 Å². The standard InChI is InChI=1S/C24H20N4O3/c1-16-8-13-22-20(14-16)25-21(17-6-4-3-5-7-17)15-24(2)27(22)23(26-31-24)18-9-11-19(12-10-18)28(29)30/h3-14H,15H2,1-2H3. The fourth-order valence-corrected chi connectivity index (χ4v) is 4.05. The molecule has 0 N–H and O–H groups in total. The summed E-state index contributed by atoms with van der Waals surface area (Å²) in [6, 6.07) is 22.5. The molecule has 7 heteroatoms. The third-order valence-corrected chi connectivity index (χ3v) is 5.58. The number of fused-ring (bicyclic) bond motifs is 3. The normalized spacial score (nSPS) is 19.5. The largest absolute Gasteiger partial charge is 0.365 e. The maximum Gasteiger partial charge on any atom is 0.269 e. The first-order chi connectivity index (χ1) is 14.9. The van der Waals surface area contributed by atoms with Gasteiger partial charge in [-0.1, -0.05) is 41.6 Å². The smallest absolute Gasteiger partial charge is 0.269 e. The van der Waals surface area contributed by atoms with Crippen LogP contribution in [0.15, 0.2) is 82.9 Å². The summed E-state index contributed by atoms with van der Waals surface area (Å²) in [4.78, 5) is 23.7. The van der Waals surface area contributed by atoms with Crippen LogP contribution in [-0.2, 0) is 4.84 Å². The summed E-state index contributed by atoms with van der Waals surface area (Å²) in [5.41, 5.74) is 4.76. The molecule has 31 heavy (non-hydrogen) atoms. The molecule has 0 spiro atoms. The summed E-state index contributed by atoms with van der Waals surface area (Å²) in [6.07, 6.45) is 0.519. The Morgan fingerprint density at radius 1 is 1.03 bits per heavy atom. The number of anilines is 1.